The average Bonchev–Trinajstić information content (AvgIpc) is 3.20. The topological polar surface area (TPSA) is 64.6 Å². The molecule has 0 aliphatic rings. The molecule has 5 heteroatoms. The van der Waals surface area contributed by atoms with Crippen molar-refractivity contribution in [2.24, 2.45) is 0 Å². The van der Waals surface area contributed by atoms with E-state index in [0.717, 1.165) is 28.4 Å². The summed E-state index contributed by atoms with van der Waals surface area (Å²) in [6.45, 7) is 6.84. The van der Waals surface area contributed by atoms with Gasteiger partial charge in [0.1, 0.15) is 12.6 Å². The standard InChI is InChI=1S/C23H23N3O2/c1-15-10-11-21(16(2)13-15)26-22(17(3)24-14-18-7-6-12-28-18)25-20-9-5-4-8-19(20)23(26)27/h4-13,17,24H,14H2,1-3H3/p+1/t17-/m1/s1. The van der Waals surface area contributed by atoms with E-state index in [9.17, 15) is 4.79 Å². The van der Waals surface area contributed by atoms with Crippen LogP contribution in [0, 0.1) is 13.8 Å². The molecule has 0 radical (unpaired) electrons. The van der Waals surface area contributed by atoms with Gasteiger partial charge in [-0.25, -0.2) is 4.98 Å². The lowest BCUT2D eigenvalue weighted by atomic mass is 10.1. The Kier molecular flexibility index (Phi) is 4.84. The van der Waals surface area contributed by atoms with Gasteiger partial charge in [-0.1, -0.05) is 29.8 Å². The molecule has 4 aromatic rings. The lowest BCUT2D eigenvalue weighted by Gasteiger charge is -2.19. The smallest absolute Gasteiger partial charge is 0.266 e. The summed E-state index contributed by atoms with van der Waals surface area (Å²) in [5.74, 6) is 1.63. The highest BCUT2D eigenvalue weighted by Crippen LogP contribution is 2.20. The molecule has 0 saturated carbocycles. The molecule has 2 aromatic heterocycles. The number of furan rings is 1. The molecule has 0 spiro atoms. The maximum Gasteiger partial charge on any atom is 0.266 e. The van der Waals surface area contributed by atoms with Gasteiger partial charge in [-0.05, 0) is 56.7 Å². The van der Waals surface area contributed by atoms with Crippen molar-refractivity contribution in [3.63, 3.8) is 0 Å². The van der Waals surface area contributed by atoms with Crippen LogP contribution in [0.4, 0.5) is 0 Å². The van der Waals surface area contributed by atoms with E-state index in [-0.39, 0.29) is 11.6 Å². The second kappa shape index (κ2) is 7.44. The summed E-state index contributed by atoms with van der Waals surface area (Å²) >= 11 is 0. The number of aryl methyl sites for hydroxylation is 2. The molecule has 5 nitrogen and oxygen atoms in total. The van der Waals surface area contributed by atoms with E-state index in [0.29, 0.717) is 11.9 Å². The van der Waals surface area contributed by atoms with Crippen molar-refractivity contribution in [1.29, 1.82) is 0 Å². The molecular weight excluding hydrogens is 350 g/mol. The Morgan fingerprint density at radius 2 is 1.93 bits per heavy atom. The van der Waals surface area contributed by atoms with Crippen LogP contribution in [0.2, 0.25) is 0 Å². The molecule has 0 amide bonds. The second-order valence-electron chi connectivity index (χ2n) is 7.23. The molecule has 2 N–H and O–H groups in total. The molecule has 0 aliphatic heterocycles. The van der Waals surface area contributed by atoms with Gasteiger partial charge in [-0.2, -0.15) is 0 Å². The van der Waals surface area contributed by atoms with Crippen LogP contribution in [0.1, 0.15) is 35.7 Å². The zero-order valence-corrected chi connectivity index (χ0v) is 16.3. The number of benzene rings is 2. The van der Waals surface area contributed by atoms with E-state index in [1.807, 2.05) is 55.5 Å². The van der Waals surface area contributed by atoms with Crippen LogP contribution in [-0.4, -0.2) is 9.55 Å². The van der Waals surface area contributed by atoms with Crippen molar-refractivity contribution in [2.45, 2.75) is 33.4 Å². The fraction of sp³-hybridized carbons (Fsp3) is 0.217. The summed E-state index contributed by atoms with van der Waals surface area (Å²) in [7, 11) is 0. The minimum absolute atomic E-state index is 0.0249. The first-order valence-electron chi connectivity index (χ1n) is 9.49. The van der Waals surface area contributed by atoms with Gasteiger partial charge in [0.25, 0.3) is 5.56 Å². The van der Waals surface area contributed by atoms with Gasteiger partial charge in [0, 0.05) is 0 Å². The zero-order chi connectivity index (χ0) is 19.7. The molecule has 2 aromatic carbocycles. The minimum Gasteiger partial charge on any atom is -0.463 e. The zero-order valence-electron chi connectivity index (χ0n) is 16.3. The SMILES string of the molecule is Cc1ccc(-n2c([C@@H](C)[NH2+]Cc3ccco3)nc3ccccc3c2=O)c(C)c1. The third-order valence-corrected chi connectivity index (χ3v) is 5.05. The predicted octanol–water partition coefficient (Wildman–Crippen LogP) is 3.42. The van der Waals surface area contributed by atoms with Crippen LogP contribution >= 0.6 is 0 Å². The quantitative estimate of drug-likeness (QED) is 0.582. The first-order valence-corrected chi connectivity index (χ1v) is 9.49. The van der Waals surface area contributed by atoms with Crippen molar-refractivity contribution >= 4 is 10.9 Å². The lowest BCUT2D eigenvalue weighted by molar-refractivity contribution is -0.710. The van der Waals surface area contributed by atoms with E-state index in [1.54, 1.807) is 10.8 Å². The molecule has 0 aliphatic carbocycles. The molecule has 0 unspecified atom stereocenters. The molecule has 0 bridgehead atoms. The van der Waals surface area contributed by atoms with E-state index in [2.05, 4.69) is 25.2 Å². The van der Waals surface area contributed by atoms with E-state index in [1.165, 1.54) is 5.56 Å². The summed E-state index contributed by atoms with van der Waals surface area (Å²) < 4.78 is 7.21. The number of aromatic nitrogens is 2. The van der Waals surface area contributed by atoms with Crippen LogP contribution in [0.3, 0.4) is 0 Å². The Balaban J connectivity index is 1.87. The molecule has 0 fully saturated rings. The number of hydrogen-bond acceptors (Lipinski definition) is 3. The summed E-state index contributed by atoms with van der Waals surface area (Å²) in [6, 6.07) is 17.5. The Bertz CT molecular complexity index is 1180. The Labute approximate surface area is 163 Å². The average molecular weight is 374 g/mol. The van der Waals surface area contributed by atoms with Crippen LogP contribution in [-0.2, 0) is 6.54 Å². The van der Waals surface area contributed by atoms with E-state index < -0.39 is 0 Å². The fourth-order valence-corrected chi connectivity index (χ4v) is 3.57. The highest BCUT2D eigenvalue weighted by atomic mass is 16.3. The van der Waals surface area contributed by atoms with Gasteiger partial charge >= 0.3 is 0 Å². The van der Waals surface area contributed by atoms with Gasteiger partial charge in [-0.15, -0.1) is 0 Å². The molecule has 2 heterocycles. The van der Waals surface area contributed by atoms with Crippen molar-refractivity contribution in [3.8, 4) is 5.69 Å². The third-order valence-electron chi connectivity index (χ3n) is 5.05. The molecule has 142 valence electrons. The summed E-state index contributed by atoms with van der Waals surface area (Å²) in [4.78, 5) is 18.3. The number of rotatable bonds is 5. The first-order chi connectivity index (χ1) is 13.5. The van der Waals surface area contributed by atoms with Gasteiger partial charge in [0.2, 0.25) is 0 Å². The van der Waals surface area contributed by atoms with Crippen LogP contribution < -0.4 is 10.9 Å². The van der Waals surface area contributed by atoms with Gasteiger partial charge in [0.15, 0.2) is 11.6 Å². The third kappa shape index (κ3) is 3.37. The van der Waals surface area contributed by atoms with Crippen molar-refractivity contribution < 1.29 is 9.73 Å². The number of fused-ring (bicyclic) bond motifs is 1. The monoisotopic (exact) mass is 374 g/mol. The van der Waals surface area contributed by atoms with Gasteiger partial charge in [-0.3, -0.25) is 9.36 Å². The fourth-order valence-electron chi connectivity index (χ4n) is 3.57. The Morgan fingerprint density at radius 3 is 2.68 bits per heavy atom. The Morgan fingerprint density at radius 1 is 1.11 bits per heavy atom. The molecule has 4 rings (SSSR count). The highest BCUT2D eigenvalue weighted by Gasteiger charge is 2.21. The summed E-state index contributed by atoms with van der Waals surface area (Å²) in [5, 5.41) is 2.76. The van der Waals surface area contributed by atoms with Crippen LogP contribution in [0.5, 0.6) is 0 Å². The summed E-state index contributed by atoms with van der Waals surface area (Å²) in [5.41, 5.74) is 3.79. The van der Waals surface area contributed by atoms with E-state index >= 15 is 0 Å². The minimum atomic E-state index is -0.0363. The second-order valence-corrected chi connectivity index (χ2v) is 7.23. The number of hydrogen-bond donors (Lipinski definition) is 1. The largest absolute Gasteiger partial charge is 0.463 e. The molecule has 1 atom stereocenters. The normalized spacial score (nSPS) is 12.4. The lowest BCUT2D eigenvalue weighted by Crippen LogP contribution is -2.83. The van der Waals surface area contributed by atoms with Gasteiger partial charge in [0.05, 0.1) is 22.9 Å². The predicted molar refractivity (Wildman–Crippen MR) is 110 cm³/mol. The maximum absolute atomic E-state index is 13.4. The van der Waals surface area contributed by atoms with Crippen molar-refractivity contribution in [2.75, 3.05) is 0 Å². The number of quaternary nitrogens is 1. The highest BCUT2D eigenvalue weighted by molar-refractivity contribution is 5.78. The first kappa shape index (κ1) is 18.2. The van der Waals surface area contributed by atoms with Crippen LogP contribution in [0.25, 0.3) is 16.6 Å². The number of nitrogens with two attached hydrogens (primary N) is 1. The van der Waals surface area contributed by atoms with E-state index in [4.69, 9.17) is 9.40 Å². The van der Waals surface area contributed by atoms with Crippen molar-refractivity contribution in [3.05, 3.63) is 93.9 Å². The van der Waals surface area contributed by atoms with Gasteiger partial charge < -0.3 is 9.73 Å². The number of nitrogens with zero attached hydrogens (tertiary/aromatic N) is 2. The molecular formula is C23H24N3O2+. The summed E-state index contributed by atoms with van der Waals surface area (Å²) in [6.07, 6.45) is 1.67. The maximum atomic E-state index is 13.4. The molecule has 0 saturated heterocycles. The Hall–Kier alpha value is -3.18. The molecule has 28 heavy (non-hydrogen) atoms. The number of para-hydroxylation sites is 1. The van der Waals surface area contributed by atoms with Crippen LogP contribution in [0.15, 0.2) is 70.1 Å². The van der Waals surface area contributed by atoms with Crippen molar-refractivity contribution in [1.82, 2.24) is 9.55 Å².